The summed E-state index contributed by atoms with van der Waals surface area (Å²) in [6.45, 7) is 0. The molecular weight excluding hydrogens is 823 g/mol. The van der Waals surface area contributed by atoms with E-state index in [9.17, 15) is 0 Å². The van der Waals surface area contributed by atoms with E-state index >= 15 is 0 Å². The Hall–Kier alpha value is -8.98. The molecule has 1 heterocycles. The lowest BCUT2D eigenvalue weighted by molar-refractivity contribution is 0.669. The van der Waals surface area contributed by atoms with Gasteiger partial charge in [0.1, 0.15) is 11.2 Å². The van der Waals surface area contributed by atoms with Crippen molar-refractivity contribution in [3.8, 4) is 55.6 Å². The van der Waals surface area contributed by atoms with Crippen LogP contribution in [0.4, 0.5) is 17.1 Å². The lowest BCUT2D eigenvalue weighted by atomic mass is 9.90. The zero-order valence-corrected chi connectivity index (χ0v) is 37.2. The van der Waals surface area contributed by atoms with Gasteiger partial charge in [-0.15, -0.1) is 0 Å². The second-order valence-electron chi connectivity index (χ2n) is 17.6. The van der Waals surface area contributed by atoms with E-state index in [1.165, 1.54) is 49.0 Å². The first-order valence-electron chi connectivity index (χ1n) is 23.3. The molecule has 12 aromatic carbocycles. The van der Waals surface area contributed by atoms with Crippen LogP contribution in [-0.4, -0.2) is 0 Å². The Morgan fingerprint density at radius 3 is 1.41 bits per heavy atom. The molecule has 1 aromatic heterocycles. The summed E-state index contributed by atoms with van der Waals surface area (Å²) >= 11 is 0. The molecule has 68 heavy (non-hydrogen) atoms. The van der Waals surface area contributed by atoms with Gasteiger partial charge < -0.3 is 9.32 Å². The van der Waals surface area contributed by atoms with Crippen LogP contribution in [0.3, 0.4) is 0 Å². The maximum atomic E-state index is 6.34. The number of furan rings is 1. The van der Waals surface area contributed by atoms with Gasteiger partial charge in [-0.3, -0.25) is 0 Å². The van der Waals surface area contributed by atoms with Gasteiger partial charge in [-0.25, -0.2) is 0 Å². The molecule has 0 saturated carbocycles. The van der Waals surface area contributed by atoms with E-state index in [0.717, 1.165) is 77.9 Å². The molecule has 0 saturated heterocycles. The van der Waals surface area contributed by atoms with Crippen molar-refractivity contribution in [2.75, 3.05) is 4.90 Å². The average molecular weight is 866 g/mol. The minimum Gasteiger partial charge on any atom is -0.456 e. The summed E-state index contributed by atoms with van der Waals surface area (Å²) in [7, 11) is 0. The summed E-state index contributed by atoms with van der Waals surface area (Å²) in [4.78, 5) is 2.46. The number of para-hydroxylation sites is 2. The quantitative estimate of drug-likeness (QED) is 0.142. The molecule has 318 valence electrons. The standard InChI is InChI=1S/C66H43NO/c1-3-16-44(17-4-1)45-30-32-48(33-31-45)66-53(50-37-41-65-61(43-50)59-25-12-14-29-64(59)68-65)26-15-28-63(66)67(62-27-13-11-20-52(62)47-18-5-2-6-19-47)51-38-34-46(35-39-51)49-36-40-58-56-23-8-7-21-54(56)55-22-9-10-24-57(55)60(58)42-49/h1-43H. The molecule has 0 radical (unpaired) electrons. The van der Waals surface area contributed by atoms with E-state index < -0.39 is 0 Å². The lowest BCUT2D eigenvalue weighted by Crippen LogP contribution is -2.13. The first-order valence-corrected chi connectivity index (χ1v) is 23.3. The van der Waals surface area contributed by atoms with Gasteiger partial charge in [-0.2, -0.15) is 0 Å². The third-order valence-corrected chi connectivity index (χ3v) is 13.7. The molecule has 13 aromatic rings. The Bertz CT molecular complexity index is 3960. The number of fused-ring (bicyclic) bond motifs is 9. The Labute approximate surface area is 395 Å². The molecule has 2 nitrogen and oxygen atoms in total. The highest BCUT2D eigenvalue weighted by Crippen LogP contribution is 2.49. The zero-order chi connectivity index (χ0) is 45.0. The fourth-order valence-corrected chi connectivity index (χ4v) is 10.5. The highest BCUT2D eigenvalue weighted by Gasteiger charge is 2.24. The molecule has 13 rings (SSSR count). The first kappa shape index (κ1) is 39.4. The molecule has 0 aliphatic heterocycles. The van der Waals surface area contributed by atoms with Crippen molar-refractivity contribution < 1.29 is 4.42 Å². The maximum absolute atomic E-state index is 6.34. The minimum atomic E-state index is 0.881. The summed E-state index contributed by atoms with van der Waals surface area (Å²) in [6.07, 6.45) is 0. The third kappa shape index (κ3) is 6.73. The van der Waals surface area contributed by atoms with Crippen LogP contribution in [-0.2, 0) is 0 Å². The maximum Gasteiger partial charge on any atom is 0.135 e. The predicted molar refractivity (Wildman–Crippen MR) is 288 cm³/mol. The van der Waals surface area contributed by atoms with E-state index in [4.69, 9.17) is 4.42 Å². The monoisotopic (exact) mass is 865 g/mol. The second-order valence-corrected chi connectivity index (χ2v) is 17.6. The SMILES string of the molecule is c1ccc(-c2ccc(-c3c(-c4ccc5oc6ccccc6c5c4)cccc3N(c3ccc(-c4ccc5c6ccccc6c6ccccc6c5c4)cc3)c3ccccc3-c3ccccc3)cc2)cc1. The van der Waals surface area contributed by atoms with Gasteiger partial charge in [-0.05, 0) is 125 Å². The van der Waals surface area contributed by atoms with E-state index in [1.54, 1.807) is 0 Å². The Morgan fingerprint density at radius 1 is 0.235 bits per heavy atom. The average Bonchev–Trinajstić information content (AvgIpc) is 3.80. The van der Waals surface area contributed by atoms with Gasteiger partial charge >= 0.3 is 0 Å². The summed E-state index contributed by atoms with van der Waals surface area (Å²) in [5.74, 6) is 0. The molecule has 0 bridgehead atoms. The number of rotatable bonds is 8. The molecular formula is C66H43NO. The van der Waals surface area contributed by atoms with E-state index in [0.29, 0.717) is 0 Å². The van der Waals surface area contributed by atoms with Gasteiger partial charge in [0.05, 0.1) is 11.4 Å². The van der Waals surface area contributed by atoms with Crippen molar-refractivity contribution in [1.29, 1.82) is 0 Å². The molecule has 0 atom stereocenters. The van der Waals surface area contributed by atoms with E-state index in [2.05, 4.69) is 254 Å². The van der Waals surface area contributed by atoms with Gasteiger partial charge in [0, 0.05) is 27.6 Å². The highest BCUT2D eigenvalue weighted by atomic mass is 16.3. The normalized spacial score (nSPS) is 11.5. The van der Waals surface area contributed by atoms with Crippen molar-refractivity contribution in [3.63, 3.8) is 0 Å². The van der Waals surface area contributed by atoms with Gasteiger partial charge in [0.15, 0.2) is 0 Å². The fourth-order valence-electron chi connectivity index (χ4n) is 10.5. The van der Waals surface area contributed by atoms with Gasteiger partial charge in [0.25, 0.3) is 0 Å². The Morgan fingerprint density at radius 2 is 0.691 bits per heavy atom. The van der Waals surface area contributed by atoms with E-state index in [-0.39, 0.29) is 0 Å². The van der Waals surface area contributed by atoms with Gasteiger partial charge in [0.2, 0.25) is 0 Å². The predicted octanol–water partition coefficient (Wildman–Crippen LogP) is 18.9. The van der Waals surface area contributed by atoms with E-state index in [1.807, 2.05) is 12.1 Å². The van der Waals surface area contributed by atoms with Crippen LogP contribution >= 0.6 is 0 Å². The van der Waals surface area contributed by atoms with Crippen molar-refractivity contribution in [2.45, 2.75) is 0 Å². The van der Waals surface area contributed by atoms with Crippen LogP contribution in [0.1, 0.15) is 0 Å². The molecule has 0 fully saturated rings. The summed E-state index contributed by atoms with van der Waals surface area (Å²) < 4.78 is 6.34. The molecule has 0 spiro atoms. The summed E-state index contributed by atoms with van der Waals surface area (Å²) in [5, 5.41) is 9.87. The summed E-state index contributed by atoms with van der Waals surface area (Å²) in [5.41, 5.74) is 16.5. The van der Waals surface area contributed by atoms with Crippen molar-refractivity contribution in [2.24, 2.45) is 0 Å². The van der Waals surface area contributed by atoms with Crippen molar-refractivity contribution in [1.82, 2.24) is 0 Å². The number of benzene rings is 12. The molecule has 0 unspecified atom stereocenters. The molecule has 0 amide bonds. The van der Waals surface area contributed by atoms with Crippen LogP contribution in [0.2, 0.25) is 0 Å². The lowest BCUT2D eigenvalue weighted by Gasteiger charge is -2.31. The van der Waals surface area contributed by atoms with Crippen LogP contribution < -0.4 is 4.90 Å². The smallest absolute Gasteiger partial charge is 0.135 e. The number of anilines is 3. The molecule has 0 aliphatic rings. The summed E-state index contributed by atoms with van der Waals surface area (Å²) in [6, 6.07) is 94.6. The van der Waals surface area contributed by atoms with Crippen LogP contribution in [0.15, 0.2) is 265 Å². The van der Waals surface area contributed by atoms with Crippen molar-refractivity contribution in [3.05, 3.63) is 261 Å². The highest BCUT2D eigenvalue weighted by molar-refractivity contribution is 6.25. The molecule has 2 heteroatoms. The topological polar surface area (TPSA) is 16.4 Å². The largest absolute Gasteiger partial charge is 0.456 e. The second kappa shape index (κ2) is 16.5. The number of nitrogens with zero attached hydrogens (tertiary/aromatic N) is 1. The third-order valence-electron chi connectivity index (χ3n) is 13.7. The zero-order valence-electron chi connectivity index (χ0n) is 37.2. The first-order chi connectivity index (χ1) is 33.7. The molecule has 0 N–H and O–H groups in total. The van der Waals surface area contributed by atoms with Crippen LogP contribution in [0.25, 0.3) is 110 Å². The van der Waals surface area contributed by atoms with Crippen molar-refractivity contribution >= 4 is 71.3 Å². The van der Waals surface area contributed by atoms with Gasteiger partial charge in [-0.1, -0.05) is 212 Å². The minimum absolute atomic E-state index is 0.881. The fraction of sp³-hybridized carbons (Fsp3) is 0. The Kier molecular flexibility index (Phi) is 9.54. The Balaban J connectivity index is 1.02. The molecule has 0 aliphatic carbocycles. The number of hydrogen-bond acceptors (Lipinski definition) is 2. The van der Waals surface area contributed by atoms with Crippen LogP contribution in [0, 0.1) is 0 Å². The number of hydrogen-bond donors (Lipinski definition) is 0. The van der Waals surface area contributed by atoms with Crippen LogP contribution in [0.5, 0.6) is 0 Å².